The van der Waals surface area contributed by atoms with E-state index in [2.05, 4.69) is 4.98 Å². The third kappa shape index (κ3) is 2.19. The molecular weight excluding hydrogens is 272 g/mol. The molecule has 0 radical (unpaired) electrons. The van der Waals surface area contributed by atoms with Crippen molar-refractivity contribution in [3.05, 3.63) is 32.6 Å². The Balaban J connectivity index is 2.55. The Labute approximate surface area is 112 Å². The summed E-state index contributed by atoms with van der Waals surface area (Å²) in [6, 6.07) is 0. The molecule has 2 rings (SSSR count). The lowest BCUT2D eigenvalue weighted by Crippen LogP contribution is -2.46. The highest BCUT2D eigenvalue weighted by molar-refractivity contribution is 5.21. The molecule has 0 spiro atoms. The van der Waals surface area contributed by atoms with E-state index in [0.29, 0.717) is 0 Å². The van der Waals surface area contributed by atoms with Gasteiger partial charge >= 0.3 is 5.69 Å². The van der Waals surface area contributed by atoms with E-state index < -0.39 is 48.4 Å². The van der Waals surface area contributed by atoms with E-state index in [1.54, 1.807) is 0 Å². The number of aliphatic hydroxyl groups excluding tert-OH is 4. The molecule has 0 unspecified atom stereocenters. The summed E-state index contributed by atoms with van der Waals surface area (Å²) in [4.78, 5) is 27.1. The van der Waals surface area contributed by atoms with Gasteiger partial charge in [-0.3, -0.25) is 9.78 Å². The van der Waals surface area contributed by atoms with E-state index in [4.69, 9.17) is 14.9 Å². The number of aromatic nitrogens is 2. The zero-order valence-corrected chi connectivity index (χ0v) is 10.4. The van der Waals surface area contributed by atoms with Gasteiger partial charge in [-0.25, -0.2) is 4.79 Å². The summed E-state index contributed by atoms with van der Waals surface area (Å²) < 4.78 is 5.42. The average molecular weight is 288 g/mol. The van der Waals surface area contributed by atoms with Crippen LogP contribution in [0, 0.1) is 0 Å². The van der Waals surface area contributed by atoms with Gasteiger partial charge in [-0.2, -0.15) is 0 Å². The summed E-state index contributed by atoms with van der Waals surface area (Å²) in [5.41, 5.74) is -3.36. The van der Waals surface area contributed by atoms with Gasteiger partial charge in [0.2, 0.25) is 0 Å². The Bertz CT molecular complexity index is 583. The van der Waals surface area contributed by atoms with E-state index in [9.17, 15) is 19.8 Å². The standard InChI is InChI=1S/C11H16N2O7/c14-2-1-11(5-3-12-10(19)13-9(5)18)8(17)7(16)6(4-15)20-11/h3,6-8,14-17H,1-2,4H2,(H2,12,13,18,19)/t6-,7-,8-,11+/m1/s1. The van der Waals surface area contributed by atoms with E-state index >= 15 is 0 Å². The minimum absolute atomic E-state index is 0.131. The number of aromatic amines is 2. The number of hydrogen-bond acceptors (Lipinski definition) is 7. The van der Waals surface area contributed by atoms with Crippen LogP contribution in [0.2, 0.25) is 0 Å². The number of H-pyrrole nitrogens is 2. The van der Waals surface area contributed by atoms with Crippen LogP contribution in [0.25, 0.3) is 0 Å². The SMILES string of the molecule is O=c1[nH]cc([C@]2(CCO)O[C@H](CO)[C@@H](O)[C@H]2O)c(=O)[nH]1. The minimum Gasteiger partial charge on any atom is -0.396 e. The molecule has 0 aromatic carbocycles. The smallest absolute Gasteiger partial charge is 0.325 e. The van der Waals surface area contributed by atoms with Crippen LogP contribution >= 0.6 is 0 Å². The fourth-order valence-electron chi connectivity index (χ4n) is 2.49. The number of hydrogen-bond donors (Lipinski definition) is 6. The molecule has 9 nitrogen and oxygen atoms in total. The van der Waals surface area contributed by atoms with Gasteiger partial charge in [0.25, 0.3) is 5.56 Å². The Morgan fingerprint density at radius 1 is 1.30 bits per heavy atom. The Morgan fingerprint density at radius 2 is 2.00 bits per heavy atom. The topological polar surface area (TPSA) is 156 Å². The molecule has 0 saturated carbocycles. The van der Waals surface area contributed by atoms with Crippen molar-refractivity contribution in [3.8, 4) is 0 Å². The predicted molar refractivity (Wildman–Crippen MR) is 65.0 cm³/mol. The number of aliphatic hydroxyl groups is 4. The van der Waals surface area contributed by atoms with Crippen LogP contribution in [-0.4, -0.2) is 61.9 Å². The van der Waals surface area contributed by atoms with Gasteiger partial charge in [-0.15, -0.1) is 0 Å². The summed E-state index contributed by atoms with van der Waals surface area (Å²) in [5, 5.41) is 38.2. The molecule has 0 amide bonds. The summed E-state index contributed by atoms with van der Waals surface area (Å²) in [5.74, 6) is 0. The van der Waals surface area contributed by atoms with Gasteiger partial charge in [0.1, 0.15) is 23.9 Å². The summed E-state index contributed by atoms with van der Waals surface area (Å²) in [7, 11) is 0. The predicted octanol–water partition coefficient (Wildman–Crippen LogP) is -3.25. The lowest BCUT2D eigenvalue weighted by molar-refractivity contribution is -0.110. The second kappa shape index (κ2) is 5.46. The quantitative estimate of drug-likeness (QED) is 0.340. The normalized spacial score (nSPS) is 33.5. The molecule has 4 atom stereocenters. The summed E-state index contributed by atoms with van der Waals surface area (Å²) in [6.45, 7) is -0.993. The monoisotopic (exact) mass is 288 g/mol. The van der Waals surface area contributed by atoms with Gasteiger partial charge in [-0.1, -0.05) is 0 Å². The van der Waals surface area contributed by atoms with Crippen LogP contribution < -0.4 is 11.2 Å². The summed E-state index contributed by atoms with van der Waals surface area (Å²) in [6.07, 6.45) is -3.16. The van der Waals surface area contributed by atoms with Crippen molar-refractivity contribution in [2.75, 3.05) is 13.2 Å². The molecule has 2 heterocycles. The van der Waals surface area contributed by atoms with Crippen molar-refractivity contribution in [2.45, 2.75) is 30.3 Å². The van der Waals surface area contributed by atoms with Crippen molar-refractivity contribution in [3.63, 3.8) is 0 Å². The Hall–Kier alpha value is -1.52. The molecule has 1 aromatic heterocycles. The maximum atomic E-state index is 11.9. The first-order chi connectivity index (χ1) is 9.46. The number of rotatable bonds is 4. The Morgan fingerprint density at radius 3 is 2.50 bits per heavy atom. The first-order valence-electron chi connectivity index (χ1n) is 6.04. The fourth-order valence-corrected chi connectivity index (χ4v) is 2.49. The van der Waals surface area contributed by atoms with Crippen LogP contribution in [0.1, 0.15) is 12.0 Å². The molecule has 1 aliphatic rings. The maximum Gasteiger partial charge on any atom is 0.325 e. The van der Waals surface area contributed by atoms with Crippen LogP contribution in [-0.2, 0) is 10.3 Å². The average Bonchev–Trinajstić information content (AvgIpc) is 2.65. The number of nitrogens with one attached hydrogen (secondary N) is 2. The van der Waals surface area contributed by atoms with Crippen molar-refractivity contribution in [1.82, 2.24) is 9.97 Å². The van der Waals surface area contributed by atoms with E-state index in [-0.39, 0.29) is 12.0 Å². The first-order valence-corrected chi connectivity index (χ1v) is 6.04. The molecule has 112 valence electrons. The molecule has 9 heteroatoms. The molecule has 1 aromatic rings. The highest BCUT2D eigenvalue weighted by Crippen LogP contribution is 2.40. The molecule has 0 bridgehead atoms. The van der Waals surface area contributed by atoms with Gasteiger partial charge in [-0.05, 0) is 0 Å². The van der Waals surface area contributed by atoms with Crippen molar-refractivity contribution in [2.24, 2.45) is 0 Å². The largest absolute Gasteiger partial charge is 0.396 e. The van der Waals surface area contributed by atoms with Crippen molar-refractivity contribution < 1.29 is 25.2 Å². The lowest BCUT2D eigenvalue weighted by Gasteiger charge is -2.30. The zero-order chi connectivity index (χ0) is 14.9. The zero-order valence-electron chi connectivity index (χ0n) is 10.4. The highest BCUT2D eigenvalue weighted by atomic mass is 16.6. The molecule has 6 N–H and O–H groups in total. The van der Waals surface area contributed by atoms with Crippen LogP contribution in [0.5, 0.6) is 0 Å². The highest BCUT2D eigenvalue weighted by Gasteiger charge is 2.55. The van der Waals surface area contributed by atoms with Gasteiger partial charge < -0.3 is 30.1 Å². The second-order valence-electron chi connectivity index (χ2n) is 4.62. The van der Waals surface area contributed by atoms with Gasteiger partial charge in [0.05, 0.1) is 12.2 Å². The first kappa shape index (κ1) is 14.9. The molecule has 1 saturated heterocycles. The maximum absolute atomic E-state index is 11.9. The van der Waals surface area contributed by atoms with Crippen LogP contribution in [0.3, 0.4) is 0 Å². The third-order valence-electron chi connectivity index (χ3n) is 3.48. The van der Waals surface area contributed by atoms with Crippen molar-refractivity contribution >= 4 is 0 Å². The molecule has 0 aliphatic carbocycles. The Kier molecular flexibility index (Phi) is 4.06. The van der Waals surface area contributed by atoms with E-state index in [1.807, 2.05) is 4.98 Å². The number of ether oxygens (including phenoxy) is 1. The van der Waals surface area contributed by atoms with Crippen molar-refractivity contribution in [1.29, 1.82) is 0 Å². The minimum atomic E-state index is -1.70. The van der Waals surface area contributed by atoms with Gasteiger partial charge in [0, 0.05) is 19.2 Å². The van der Waals surface area contributed by atoms with Crippen LogP contribution in [0.15, 0.2) is 15.8 Å². The van der Waals surface area contributed by atoms with E-state index in [0.717, 1.165) is 6.20 Å². The molecule has 20 heavy (non-hydrogen) atoms. The van der Waals surface area contributed by atoms with E-state index in [1.165, 1.54) is 0 Å². The van der Waals surface area contributed by atoms with Crippen LogP contribution in [0.4, 0.5) is 0 Å². The third-order valence-corrected chi connectivity index (χ3v) is 3.48. The molecular formula is C11H16N2O7. The van der Waals surface area contributed by atoms with Gasteiger partial charge in [0.15, 0.2) is 0 Å². The molecule has 1 fully saturated rings. The summed E-state index contributed by atoms with van der Waals surface area (Å²) >= 11 is 0. The lowest BCUT2D eigenvalue weighted by atomic mass is 9.86. The fraction of sp³-hybridized carbons (Fsp3) is 0.636. The second-order valence-corrected chi connectivity index (χ2v) is 4.62. The molecule has 1 aliphatic heterocycles.